The Morgan fingerprint density at radius 3 is 2.52 bits per heavy atom. The van der Waals surface area contributed by atoms with Gasteiger partial charge in [-0.3, -0.25) is 0 Å². The van der Waals surface area contributed by atoms with Gasteiger partial charge in [-0.15, -0.1) is 0 Å². The second kappa shape index (κ2) is 7.40. The number of esters is 1. The molecule has 0 fully saturated rings. The van der Waals surface area contributed by atoms with Gasteiger partial charge in [-0.05, 0) is 30.3 Å². The van der Waals surface area contributed by atoms with E-state index in [2.05, 4.69) is 5.32 Å². The normalized spacial score (nSPS) is 10.2. The van der Waals surface area contributed by atoms with Crippen molar-refractivity contribution in [2.75, 3.05) is 18.5 Å². The maximum Gasteiger partial charge on any atom is 0.338 e. The number of hydrogen-bond acceptors (Lipinski definition) is 4. The second-order valence-electron chi connectivity index (χ2n) is 4.40. The van der Waals surface area contributed by atoms with Gasteiger partial charge in [0.1, 0.15) is 12.4 Å². The molecule has 0 aliphatic carbocycles. The molecule has 5 heteroatoms. The van der Waals surface area contributed by atoms with Crippen LogP contribution < -0.4 is 5.32 Å². The van der Waals surface area contributed by atoms with E-state index in [1.54, 1.807) is 42.5 Å². The Hall–Kier alpha value is -2.40. The number of benzene rings is 2. The van der Waals surface area contributed by atoms with Crippen LogP contribution in [-0.2, 0) is 11.3 Å². The highest BCUT2D eigenvalue weighted by Gasteiger charge is 2.09. The van der Waals surface area contributed by atoms with Crippen LogP contribution in [0, 0.1) is 5.82 Å². The number of carbonyl (C=O) groups excluding carboxylic acids is 1. The first-order valence-electron chi connectivity index (χ1n) is 6.56. The summed E-state index contributed by atoms with van der Waals surface area (Å²) < 4.78 is 18.5. The van der Waals surface area contributed by atoms with Crippen LogP contribution in [-0.4, -0.2) is 24.2 Å². The molecule has 4 nitrogen and oxygen atoms in total. The van der Waals surface area contributed by atoms with E-state index in [1.807, 2.05) is 0 Å². The molecule has 0 radical (unpaired) electrons. The summed E-state index contributed by atoms with van der Waals surface area (Å²) >= 11 is 0. The van der Waals surface area contributed by atoms with Gasteiger partial charge in [0.25, 0.3) is 0 Å². The third-order valence-corrected chi connectivity index (χ3v) is 2.88. The van der Waals surface area contributed by atoms with Crippen molar-refractivity contribution in [3.05, 3.63) is 65.5 Å². The Morgan fingerprint density at radius 2 is 1.86 bits per heavy atom. The molecule has 0 aliphatic rings. The molecule has 2 aromatic rings. The summed E-state index contributed by atoms with van der Waals surface area (Å²) in [5.74, 6) is -0.902. The van der Waals surface area contributed by atoms with Gasteiger partial charge in [0, 0.05) is 17.8 Å². The van der Waals surface area contributed by atoms with Crippen molar-refractivity contribution in [3.8, 4) is 0 Å². The van der Waals surface area contributed by atoms with Gasteiger partial charge in [0.05, 0.1) is 12.2 Å². The number of ether oxygens (including phenoxy) is 1. The van der Waals surface area contributed by atoms with Crippen LogP contribution in [0.2, 0.25) is 0 Å². The van der Waals surface area contributed by atoms with Crippen LogP contribution >= 0.6 is 0 Å². The minimum absolute atomic E-state index is 0.0342. The average molecular weight is 289 g/mol. The lowest BCUT2D eigenvalue weighted by Gasteiger charge is -2.07. The third kappa shape index (κ3) is 4.29. The standard InChI is InChI=1S/C16H16FNO3/c17-15-4-2-1-3-13(15)11-21-16(20)12-5-7-14(8-6-12)18-9-10-19/h1-8,18-19H,9-11H2. The number of halogens is 1. The predicted molar refractivity (Wildman–Crippen MR) is 77.5 cm³/mol. The van der Waals surface area contributed by atoms with E-state index in [0.29, 0.717) is 17.7 Å². The van der Waals surface area contributed by atoms with Crippen molar-refractivity contribution < 1.29 is 19.0 Å². The van der Waals surface area contributed by atoms with E-state index >= 15 is 0 Å². The quantitative estimate of drug-likeness (QED) is 0.803. The number of carbonyl (C=O) groups is 1. The Balaban J connectivity index is 1.93. The molecule has 0 aromatic heterocycles. The zero-order valence-corrected chi connectivity index (χ0v) is 11.4. The summed E-state index contributed by atoms with van der Waals surface area (Å²) in [6, 6.07) is 12.8. The van der Waals surface area contributed by atoms with Crippen LogP contribution in [0.25, 0.3) is 0 Å². The van der Waals surface area contributed by atoms with Crippen LogP contribution in [0.4, 0.5) is 10.1 Å². The lowest BCUT2D eigenvalue weighted by atomic mass is 10.2. The van der Waals surface area contributed by atoms with Crippen LogP contribution in [0.5, 0.6) is 0 Å². The van der Waals surface area contributed by atoms with Gasteiger partial charge in [0.15, 0.2) is 0 Å². The molecule has 21 heavy (non-hydrogen) atoms. The predicted octanol–water partition coefficient (Wildman–Crippen LogP) is 2.59. The highest BCUT2D eigenvalue weighted by molar-refractivity contribution is 5.89. The Bertz CT molecular complexity index is 599. The van der Waals surface area contributed by atoms with E-state index in [-0.39, 0.29) is 13.2 Å². The van der Waals surface area contributed by atoms with Gasteiger partial charge >= 0.3 is 5.97 Å². The minimum Gasteiger partial charge on any atom is -0.457 e. The van der Waals surface area contributed by atoms with Crippen molar-refractivity contribution in [1.82, 2.24) is 0 Å². The number of rotatable bonds is 6. The number of anilines is 1. The molecular formula is C16H16FNO3. The zero-order valence-electron chi connectivity index (χ0n) is 11.4. The molecule has 0 spiro atoms. The average Bonchev–Trinajstić information content (AvgIpc) is 2.52. The topological polar surface area (TPSA) is 58.6 Å². The molecule has 0 atom stereocenters. The zero-order chi connectivity index (χ0) is 15.1. The number of hydrogen-bond donors (Lipinski definition) is 2. The first-order valence-corrected chi connectivity index (χ1v) is 6.56. The molecule has 0 aliphatic heterocycles. The minimum atomic E-state index is -0.507. The number of aliphatic hydroxyl groups excluding tert-OH is 1. The Labute approximate surface area is 122 Å². The highest BCUT2D eigenvalue weighted by Crippen LogP contribution is 2.12. The number of nitrogens with one attached hydrogen (secondary N) is 1. The molecule has 0 bridgehead atoms. The maximum atomic E-state index is 13.4. The molecule has 2 aromatic carbocycles. The van der Waals surface area contributed by atoms with Gasteiger partial charge < -0.3 is 15.2 Å². The first-order chi connectivity index (χ1) is 10.2. The molecular weight excluding hydrogens is 273 g/mol. The van der Waals surface area contributed by atoms with Crippen molar-refractivity contribution in [2.24, 2.45) is 0 Å². The molecule has 110 valence electrons. The van der Waals surface area contributed by atoms with E-state index in [1.165, 1.54) is 6.07 Å². The lowest BCUT2D eigenvalue weighted by Crippen LogP contribution is -2.08. The van der Waals surface area contributed by atoms with Crippen molar-refractivity contribution in [1.29, 1.82) is 0 Å². The third-order valence-electron chi connectivity index (χ3n) is 2.88. The van der Waals surface area contributed by atoms with Gasteiger partial charge in [-0.25, -0.2) is 9.18 Å². The van der Waals surface area contributed by atoms with E-state index in [0.717, 1.165) is 5.69 Å². The Kier molecular flexibility index (Phi) is 5.29. The molecule has 2 N–H and O–H groups in total. The van der Waals surface area contributed by atoms with Crippen LogP contribution in [0.15, 0.2) is 48.5 Å². The SMILES string of the molecule is O=C(OCc1ccccc1F)c1ccc(NCCO)cc1. The molecule has 0 amide bonds. The fourth-order valence-corrected chi connectivity index (χ4v) is 1.77. The lowest BCUT2D eigenvalue weighted by molar-refractivity contribution is 0.0469. The second-order valence-corrected chi connectivity index (χ2v) is 4.40. The highest BCUT2D eigenvalue weighted by atomic mass is 19.1. The van der Waals surface area contributed by atoms with Gasteiger partial charge in [-0.2, -0.15) is 0 Å². The smallest absolute Gasteiger partial charge is 0.338 e. The van der Waals surface area contributed by atoms with Gasteiger partial charge in [-0.1, -0.05) is 18.2 Å². The van der Waals surface area contributed by atoms with E-state index < -0.39 is 11.8 Å². The largest absolute Gasteiger partial charge is 0.457 e. The summed E-state index contributed by atoms with van der Waals surface area (Å²) in [4.78, 5) is 11.8. The molecule has 0 unspecified atom stereocenters. The van der Waals surface area contributed by atoms with E-state index in [4.69, 9.17) is 9.84 Å². The summed E-state index contributed by atoms with van der Waals surface area (Å²) in [5.41, 5.74) is 1.53. The summed E-state index contributed by atoms with van der Waals surface area (Å²) in [6.07, 6.45) is 0. The molecule has 0 heterocycles. The fourth-order valence-electron chi connectivity index (χ4n) is 1.77. The van der Waals surface area contributed by atoms with Crippen LogP contribution in [0.1, 0.15) is 15.9 Å². The maximum absolute atomic E-state index is 13.4. The van der Waals surface area contributed by atoms with Gasteiger partial charge in [0.2, 0.25) is 0 Å². The van der Waals surface area contributed by atoms with Crippen LogP contribution in [0.3, 0.4) is 0 Å². The van der Waals surface area contributed by atoms with Crippen molar-refractivity contribution >= 4 is 11.7 Å². The molecule has 0 saturated carbocycles. The first kappa shape index (κ1) is 15.0. The van der Waals surface area contributed by atoms with E-state index in [9.17, 15) is 9.18 Å². The van der Waals surface area contributed by atoms with Crippen molar-refractivity contribution in [2.45, 2.75) is 6.61 Å². The molecule has 2 rings (SSSR count). The monoisotopic (exact) mass is 289 g/mol. The Morgan fingerprint density at radius 1 is 1.14 bits per heavy atom. The molecule has 0 saturated heterocycles. The fraction of sp³-hybridized carbons (Fsp3) is 0.188. The summed E-state index contributed by atoms with van der Waals surface area (Å²) in [5, 5.41) is 11.7. The number of aliphatic hydroxyl groups is 1. The van der Waals surface area contributed by atoms with Crippen molar-refractivity contribution in [3.63, 3.8) is 0 Å². The summed E-state index contributed by atoms with van der Waals surface area (Å²) in [7, 11) is 0. The summed E-state index contributed by atoms with van der Waals surface area (Å²) in [6.45, 7) is 0.375.